The largest absolute Gasteiger partial charge is 0.492 e. The zero-order valence-electron chi connectivity index (χ0n) is 15.0. The van der Waals surface area contributed by atoms with E-state index in [1.807, 2.05) is 44.2 Å². The molecule has 3 unspecified atom stereocenters. The number of ether oxygens (including phenoxy) is 2. The smallest absolute Gasteiger partial charge is 0.341 e. The minimum atomic E-state index is -1.03. The number of carbonyl (C=O) groups is 1. The van der Waals surface area contributed by atoms with Crippen LogP contribution in [0.4, 0.5) is 0 Å². The van der Waals surface area contributed by atoms with Crippen LogP contribution in [0.15, 0.2) is 54.6 Å². The number of carboxylic acid groups (broad SMARTS) is 1. The summed E-state index contributed by atoms with van der Waals surface area (Å²) in [4.78, 5) is 10.5. The van der Waals surface area contributed by atoms with Gasteiger partial charge in [0.1, 0.15) is 18.1 Å². The monoisotopic (exact) mass is 359 g/mol. The minimum absolute atomic E-state index is 0.0537. The van der Waals surface area contributed by atoms with Crippen LogP contribution >= 0.6 is 0 Å². The third kappa shape index (κ3) is 6.38. The minimum Gasteiger partial charge on any atom is -0.492 e. The van der Waals surface area contributed by atoms with E-state index in [1.54, 1.807) is 24.3 Å². The molecule has 0 aliphatic rings. The predicted molar refractivity (Wildman–Crippen MR) is 98.5 cm³/mol. The molecule has 0 radical (unpaired) electrons. The van der Waals surface area contributed by atoms with E-state index in [-0.39, 0.29) is 12.1 Å². The highest BCUT2D eigenvalue weighted by Crippen LogP contribution is 2.21. The summed E-state index contributed by atoms with van der Waals surface area (Å²) in [6, 6.07) is 16.2. The standard InChI is InChI=1S/C20H25NO5/c1-14(12-25-17-6-4-3-5-7-17)21-15(2)20(24)16-8-10-18(11-9-16)26-13-19(22)23/h3-11,14-15,20-21,24H,12-13H2,1-2H3,(H,22,23). The molecule has 6 nitrogen and oxygen atoms in total. The van der Waals surface area contributed by atoms with Gasteiger partial charge in [-0.1, -0.05) is 30.3 Å². The number of nitrogens with one attached hydrogen (secondary N) is 1. The van der Waals surface area contributed by atoms with Crippen molar-refractivity contribution in [2.45, 2.75) is 32.0 Å². The van der Waals surface area contributed by atoms with E-state index in [2.05, 4.69) is 5.32 Å². The Morgan fingerprint density at radius 1 is 1.00 bits per heavy atom. The van der Waals surface area contributed by atoms with Crippen LogP contribution in [0.1, 0.15) is 25.5 Å². The second-order valence-corrected chi connectivity index (χ2v) is 6.18. The average molecular weight is 359 g/mol. The van der Waals surface area contributed by atoms with Gasteiger partial charge in [-0.25, -0.2) is 4.79 Å². The lowest BCUT2D eigenvalue weighted by Gasteiger charge is -2.25. The molecule has 0 saturated carbocycles. The third-order valence-electron chi connectivity index (χ3n) is 3.85. The van der Waals surface area contributed by atoms with Gasteiger partial charge in [0, 0.05) is 12.1 Å². The summed E-state index contributed by atoms with van der Waals surface area (Å²) in [5.41, 5.74) is 0.726. The van der Waals surface area contributed by atoms with Gasteiger partial charge in [0.2, 0.25) is 0 Å². The number of aliphatic hydroxyl groups excluding tert-OH is 1. The van der Waals surface area contributed by atoms with Crippen LogP contribution in [-0.2, 0) is 4.79 Å². The molecular weight excluding hydrogens is 334 g/mol. The molecule has 0 aliphatic carbocycles. The van der Waals surface area contributed by atoms with E-state index in [0.29, 0.717) is 12.4 Å². The van der Waals surface area contributed by atoms with Crippen molar-refractivity contribution in [1.29, 1.82) is 0 Å². The SMILES string of the molecule is CC(COc1ccccc1)NC(C)C(O)c1ccc(OCC(=O)O)cc1. The summed E-state index contributed by atoms with van der Waals surface area (Å²) in [6.45, 7) is 4.00. The molecule has 0 aliphatic heterocycles. The van der Waals surface area contributed by atoms with Gasteiger partial charge in [0.25, 0.3) is 0 Å². The molecule has 0 saturated heterocycles. The van der Waals surface area contributed by atoms with Gasteiger partial charge in [0.15, 0.2) is 6.61 Å². The Labute approximate surface area is 153 Å². The van der Waals surface area contributed by atoms with Crippen molar-refractivity contribution in [3.05, 3.63) is 60.2 Å². The third-order valence-corrected chi connectivity index (χ3v) is 3.85. The normalized spacial score (nSPS) is 14.3. The van der Waals surface area contributed by atoms with E-state index in [1.165, 1.54) is 0 Å². The molecule has 3 atom stereocenters. The van der Waals surface area contributed by atoms with Crippen molar-refractivity contribution >= 4 is 5.97 Å². The Bertz CT molecular complexity index is 674. The summed E-state index contributed by atoms with van der Waals surface area (Å²) < 4.78 is 10.8. The number of carboxylic acids is 1. The lowest BCUT2D eigenvalue weighted by molar-refractivity contribution is -0.139. The van der Waals surface area contributed by atoms with Crippen LogP contribution in [0.2, 0.25) is 0 Å². The topological polar surface area (TPSA) is 88.0 Å². The summed E-state index contributed by atoms with van der Waals surface area (Å²) in [7, 11) is 0. The number of benzene rings is 2. The number of hydrogen-bond donors (Lipinski definition) is 3. The molecule has 0 heterocycles. The Morgan fingerprint density at radius 2 is 1.62 bits per heavy atom. The summed E-state index contributed by atoms with van der Waals surface area (Å²) >= 11 is 0. The van der Waals surface area contributed by atoms with Gasteiger partial charge in [0.05, 0.1) is 6.10 Å². The highest BCUT2D eigenvalue weighted by molar-refractivity contribution is 5.68. The first kappa shape index (κ1) is 19.8. The zero-order chi connectivity index (χ0) is 18.9. The number of aliphatic hydroxyl groups is 1. The van der Waals surface area contributed by atoms with Crippen molar-refractivity contribution in [1.82, 2.24) is 5.32 Å². The van der Waals surface area contributed by atoms with Crippen LogP contribution in [0.3, 0.4) is 0 Å². The zero-order valence-corrected chi connectivity index (χ0v) is 15.0. The fraction of sp³-hybridized carbons (Fsp3) is 0.350. The molecule has 2 aromatic carbocycles. The van der Waals surface area contributed by atoms with Gasteiger partial charge >= 0.3 is 5.97 Å². The highest BCUT2D eigenvalue weighted by Gasteiger charge is 2.18. The van der Waals surface area contributed by atoms with Crippen LogP contribution in [0.25, 0.3) is 0 Å². The van der Waals surface area contributed by atoms with Crippen molar-refractivity contribution in [2.24, 2.45) is 0 Å². The molecule has 140 valence electrons. The van der Waals surface area contributed by atoms with E-state index in [4.69, 9.17) is 14.6 Å². The number of para-hydroxylation sites is 1. The Kier molecular flexibility index (Phi) is 7.44. The second kappa shape index (κ2) is 9.79. The van der Waals surface area contributed by atoms with E-state index in [0.717, 1.165) is 11.3 Å². The van der Waals surface area contributed by atoms with Gasteiger partial charge in [-0.05, 0) is 43.7 Å². The van der Waals surface area contributed by atoms with Gasteiger partial charge in [-0.15, -0.1) is 0 Å². The summed E-state index contributed by atoms with van der Waals surface area (Å²) in [5.74, 6) is 0.235. The highest BCUT2D eigenvalue weighted by atomic mass is 16.5. The molecule has 0 fully saturated rings. The quantitative estimate of drug-likeness (QED) is 0.604. The maximum absolute atomic E-state index is 10.5. The van der Waals surface area contributed by atoms with E-state index < -0.39 is 18.7 Å². The molecule has 0 amide bonds. The number of aliphatic carboxylic acids is 1. The van der Waals surface area contributed by atoms with Crippen LogP contribution in [0.5, 0.6) is 11.5 Å². The predicted octanol–water partition coefficient (Wildman–Crippen LogP) is 2.63. The van der Waals surface area contributed by atoms with Crippen molar-refractivity contribution in [3.63, 3.8) is 0 Å². The lowest BCUT2D eigenvalue weighted by Crippen LogP contribution is -2.41. The van der Waals surface area contributed by atoms with Crippen LogP contribution in [0, 0.1) is 0 Å². The number of hydrogen-bond acceptors (Lipinski definition) is 5. The second-order valence-electron chi connectivity index (χ2n) is 6.18. The van der Waals surface area contributed by atoms with Crippen molar-refractivity contribution in [2.75, 3.05) is 13.2 Å². The van der Waals surface area contributed by atoms with Crippen LogP contribution in [-0.4, -0.2) is 41.5 Å². The first-order valence-electron chi connectivity index (χ1n) is 8.52. The molecule has 2 aromatic rings. The van der Waals surface area contributed by atoms with Gasteiger partial charge < -0.3 is 25.0 Å². The molecule has 0 aromatic heterocycles. The van der Waals surface area contributed by atoms with Gasteiger partial charge in [-0.2, -0.15) is 0 Å². The Balaban J connectivity index is 1.82. The van der Waals surface area contributed by atoms with E-state index in [9.17, 15) is 9.90 Å². The van der Waals surface area contributed by atoms with Crippen molar-refractivity contribution in [3.8, 4) is 11.5 Å². The van der Waals surface area contributed by atoms with E-state index >= 15 is 0 Å². The van der Waals surface area contributed by atoms with Crippen LogP contribution < -0.4 is 14.8 Å². The van der Waals surface area contributed by atoms with Gasteiger partial charge in [-0.3, -0.25) is 0 Å². The van der Waals surface area contributed by atoms with Crippen molar-refractivity contribution < 1.29 is 24.5 Å². The molecule has 0 bridgehead atoms. The first-order valence-corrected chi connectivity index (χ1v) is 8.52. The maximum atomic E-state index is 10.5. The Morgan fingerprint density at radius 3 is 2.23 bits per heavy atom. The fourth-order valence-electron chi connectivity index (χ4n) is 2.52. The summed E-state index contributed by atoms with van der Waals surface area (Å²) in [6.07, 6.45) is -0.706. The maximum Gasteiger partial charge on any atom is 0.341 e. The molecule has 3 N–H and O–H groups in total. The molecule has 26 heavy (non-hydrogen) atoms. The number of rotatable bonds is 10. The fourth-order valence-corrected chi connectivity index (χ4v) is 2.52. The Hall–Kier alpha value is -2.57. The molecule has 2 rings (SSSR count). The molecule has 6 heteroatoms. The lowest BCUT2D eigenvalue weighted by atomic mass is 10.0. The average Bonchev–Trinajstić information content (AvgIpc) is 2.65. The molecular formula is C20H25NO5. The summed E-state index contributed by atoms with van der Waals surface area (Å²) in [5, 5.41) is 22.4. The first-order chi connectivity index (χ1) is 12.5. The molecule has 0 spiro atoms.